The van der Waals surface area contributed by atoms with Crippen molar-refractivity contribution in [2.24, 2.45) is 0 Å². The Kier molecular flexibility index (Phi) is 5.19. The summed E-state index contributed by atoms with van der Waals surface area (Å²) in [5.41, 5.74) is 0. The highest BCUT2D eigenvalue weighted by Crippen LogP contribution is 1.98. The normalized spacial score (nSPS) is 12.1. The number of imidazole rings is 1. The fourth-order valence-corrected chi connectivity index (χ4v) is 1.46. The summed E-state index contributed by atoms with van der Waals surface area (Å²) in [6, 6.07) is -0.782. The molecule has 0 aromatic carbocycles. The smallest absolute Gasteiger partial charge is 0.326 e. The van der Waals surface area contributed by atoms with E-state index < -0.39 is 12.0 Å². The van der Waals surface area contributed by atoms with Crippen LogP contribution in [0.15, 0.2) is 18.7 Å². The van der Waals surface area contributed by atoms with Gasteiger partial charge in [0, 0.05) is 25.4 Å². The third-order valence-electron chi connectivity index (χ3n) is 2.37. The molecule has 0 saturated heterocycles. The lowest BCUT2D eigenvalue weighted by Crippen LogP contribution is -2.40. The SMILES string of the molecule is CCC[C@@H](NC(=O)CCn1ccnc1)C(=O)O. The number of hydrogen-bond acceptors (Lipinski definition) is 3. The van der Waals surface area contributed by atoms with E-state index in [4.69, 9.17) is 5.11 Å². The van der Waals surface area contributed by atoms with Gasteiger partial charge in [0.2, 0.25) is 5.91 Å². The van der Waals surface area contributed by atoms with E-state index in [1.165, 1.54) is 0 Å². The molecular formula is C11H17N3O3. The first-order chi connectivity index (χ1) is 8.13. The average molecular weight is 239 g/mol. The molecule has 0 fully saturated rings. The Bertz CT molecular complexity index is 362. The van der Waals surface area contributed by atoms with Crippen LogP contribution in [0, 0.1) is 0 Å². The summed E-state index contributed by atoms with van der Waals surface area (Å²) in [4.78, 5) is 26.2. The molecule has 0 bridgehead atoms. The Hall–Kier alpha value is -1.85. The van der Waals surface area contributed by atoms with E-state index in [-0.39, 0.29) is 12.3 Å². The lowest BCUT2D eigenvalue weighted by molar-refractivity contribution is -0.142. The molecule has 1 atom stereocenters. The molecule has 1 aromatic heterocycles. The van der Waals surface area contributed by atoms with Gasteiger partial charge in [-0.25, -0.2) is 9.78 Å². The summed E-state index contributed by atoms with van der Waals surface area (Å²) in [6.07, 6.45) is 6.44. The Labute approximate surface area is 99.7 Å². The van der Waals surface area contributed by atoms with Crippen molar-refractivity contribution in [2.45, 2.75) is 38.8 Å². The average Bonchev–Trinajstić information content (AvgIpc) is 2.78. The number of carboxylic acids is 1. The van der Waals surface area contributed by atoms with Crippen molar-refractivity contribution in [3.8, 4) is 0 Å². The first kappa shape index (κ1) is 13.2. The molecule has 6 heteroatoms. The molecule has 0 radical (unpaired) electrons. The fourth-order valence-electron chi connectivity index (χ4n) is 1.46. The summed E-state index contributed by atoms with van der Waals surface area (Å²) < 4.78 is 1.77. The molecule has 0 aliphatic heterocycles. The maximum atomic E-state index is 11.5. The second-order valence-corrected chi connectivity index (χ2v) is 3.80. The third-order valence-corrected chi connectivity index (χ3v) is 2.37. The molecule has 0 unspecified atom stereocenters. The highest BCUT2D eigenvalue weighted by molar-refractivity contribution is 5.83. The van der Waals surface area contributed by atoms with Gasteiger partial charge in [0.1, 0.15) is 6.04 Å². The lowest BCUT2D eigenvalue weighted by atomic mass is 10.1. The second kappa shape index (κ2) is 6.67. The lowest BCUT2D eigenvalue weighted by Gasteiger charge is -2.13. The van der Waals surface area contributed by atoms with E-state index in [0.717, 1.165) is 6.42 Å². The number of carbonyl (C=O) groups excluding carboxylic acids is 1. The van der Waals surface area contributed by atoms with Crippen LogP contribution in [0.1, 0.15) is 26.2 Å². The highest BCUT2D eigenvalue weighted by Gasteiger charge is 2.18. The molecule has 1 heterocycles. The maximum absolute atomic E-state index is 11.5. The largest absolute Gasteiger partial charge is 0.480 e. The summed E-state index contributed by atoms with van der Waals surface area (Å²) in [5, 5.41) is 11.4. The number of nitrogens with one attached hydrogen (secondary N) is 1. The van der Waals surface area contributed by atoms with Crippen molar-refractivity contribution < 1.29 is 14.7 Å². The minimum absolute atomic E-state index is 0.250. The molecule has 1 rings (SSSR count). The molecule has 0 saturated carbocycles. The van der Waals surface area contributed by atoms with E-state index in [1.54, 1.807) is 23.3 Å². The van der Waals surface area contributed by atoms with Crippen LogP contribution in [-0.2, 0) is 16.1 Å². The zero-order chi connectivity index (χ0) is 12.7. The number of aryl methyl sites for hydroxylation is 1. The predicted octanol–water partition coefficient (Wildman–Crippen LogP) is 0.643. The number of amides is 1. The Morgan fingerprint density at radius 2 is 2.29 bits per heavy atom. The second-order valence-electron chi connectivity index (χ2n) is 3.80. The van der Waals surface area contributed by atoms with E-state index in [0.29, 0.717) is 13.0 Å². The third kappa shape index (κ3) is 4.67. The van der Waals surface area contributed by atoms with Gasteiger partial charge in [0.25, 0.3) is 0 Å². The standard InChI is InChI=1S/C11H17N3O3/c1-2-3-9(11(16)17)13-10(15)4-6-14-7-5-12-8-14/h5,7-9H,2-4,6H2,1H3,(H,13,15)(H,16,17)/t9-/m1/s1. The zero-order valence-electron chi connectivity index (χ0n) is 9.80. The highest BCUT2D eigenvalue weighted by atomic mass is 16.4. The van der Waals surface area contributed by atoms with E-state index in [9.17, 15) is 9.59 Å². The molecule has 94 valence electrons. The van der Waals surface area contributed by atoms with Gasteiger partial charge in [-0.05, 0) is 6.42 Å². The minimum atomic E-state index is -0.983. The molecular weight excluding hydrogens is 222 g/mol. The van der Waals surface area contributed by atoms with Crippen LogP contribution in [-0.4, -0.2) is 32.6 Å². The predicted molar refractivity (Wildman–Crippen MR) is 61.3 cm³/mol. The number of aliphatic carboxylic acids is 1. The van der Waals surface area contributed by atoms with Gasteiger partial charge in [-0.1, -0.05) is 13.3 Å². The van der Waals surface area contributed by atoms with E-state index >= 15 is 0 Å². The van der Waals surface area contributed by atoms with Crippen LogP contribution >= 0.6 is 0 Å². The number of carbonyl (C=O) groups is 2. The van der Waals surface area contributed by atoms with Crippen LogP contribution < -0.4 is 5.32 Å². The number of hydrogen-bond donors (Lipinski definition) is 2. The Morgan fingerprint density at radius 3 is 2.82 bits per heavy atom. The van der Waals surface area contributed by atoms with Gasteiger partial charge >= 0.3 is 5.97 Å². The molecule has 17 heavy (non-hydrogen) atoms. The van der Waals surface area contributed by atoms with Crippen molar-refractivity contribution in [3.05, 3.63) is 18.7 Å². The molecule has 1 amide bonds. The van der Waals surface area contributed by atoms with Gasteiger partial charge in [-0.2, -0.15) is 0 Å². The molecule has 0 aliphatic carbocycles. The monoisotopic (exact) mass is 239 g/mol. The number of rotatable bonds is 7. The topological polar surface area (TPSA) is 84.2 Å². The van der Waals surface area contributed by atoms with Crippen molar-refractivity contribution in [3.63, 3.8) is 0 Å². The van der Waals surface area contributed by atoms with Gasteiger partial charge in [-0.15, -0.1) is 0 Å². The molecule has 1 aromatic rings. The zero-order valence-corrected chi connectivity index (χ0v) is 9.80. The van der Waals surface area contributed by atoms with Gasteiger partial charge in [0.05, 0.1) is 6.33 Å². The summed E-state index contributed by atoms with van der Waals surface area (Å²) in [5.74, 6) is -1.23. The van der Waals surface area contributed by atoms with Gasteiger partial charge in [-0.3, -0.25) is 4.79 Å². The summed E-state index contributed by atoms with van der Waals surface area (Å²) >= 11 is 0. The maximum Gasteiger partial charge on any atom is 0.326 e. The van der Waals surface area contributed by atoms with Gasteiger partial charge < -0.3 is 15.0 Å². The van der Waals surface area contributed by atoms with Crippen LogP contribution in [0.4, 0.5) is 0 Å². The first-order valence-corrected chi connectivity index (χ1v) is 5.61. The molecule has 6 nitrogen and oxygen atoms in total. The number of aromatic nitrogens is 2. The number of nitrogens with zero attached hydrogens (tertiary/aromatic N) is 2. The van der Waals surface area contributed by atoms with Crippen molar-refractivity contribution in [2.75, 3.05) is 0 Å². The number of carboxylic acid groups (broad SMARTS) is 1. The van der Waals surface area contributed by atoms with Crippen LogP contribution in [0.3, 0.4) is 0 Å². The van der Waals surface area contributed by atoms with Crippen molar-refractivity contribution >= 4 is 11.9 Å². The van der Waals surface area contributed by atoms with Crippen LogP contribution in [0.5, 0.6) is 0 Å². The fraction of sp³-hybridized carbons (Fsp3) is 0.545. The quantitative estimate of drug-likeness (QED) is 0.731. The molecule has 2 N–H and O–H groups in total. The van der Waals surface area contributed by atoms with Crippen LogP contribution in [0.25, 0.3) is 0 Å². The van der Waals surface area contributed by atoms with Crippen molar-refractivity contribution in [1.82, 2.24) is 14.9 Å². The minimum Gasteiger partial charge on any atom is -0.480 e. The summed E-state index contributed by atoms with van der Waals surface area (Å²) in [6.45, 7) is 2.39. The molecule has 0 spiro atoms. The Balaban J connectivity index is 2.34. The van der Waals surface area contributed by atoms with E-state index in [2.05, 4.69) is 10.3 Å². The first-order valence-electron chi connectivity index (χ1n) is 5.61. The Morgan fingerprint density at radius 1 is 1.53 bits per heavy atom. The van der Waals surface area contributed by atoms with Crippen molar-refractivity contribution in [1.29, 1.82) is 0 Å². The van der Waals surface area contributed by atoms with E-state index in [1.807, 2.05) is 6.92 Å². The van der Waals surface area contributed by atoms with Crippen LogP contribution in [0.2, 0.25) is 0 Å². The van der Waals surface area contributed by atoms with Gasteiger partial charge in [0.15, 0.2) is 0 Å². The summed E-state index contributed by atoms with van der Waals surface area (Å²) in [7, 11) is 0. The molecule has 0 aliphatic rings.